The molecule has 1 amide bonds. The van der Waals surface area contributed by atoms with Gasteiger partial charge in [0, 0.05) is 46.4 Å². The van der Waals surface area contributed by atoms with Crippen molar-refractivity contribution in [2.75, 3.05) is 64.4 Å². The molecule has 2 heterocycles. The molecule has 6 heteroatoms. The normalized spacial score (nSPS) is 22.2. The van der Waals surface area contributed by atoms with Crippen molar-refractivity contribution in [3.63, 3.8) is 0 Å². The monoisotopic (exact) mass is 347 g/mol. The molecule has 0 aliphatic carbocycles. The molecule has 0 bridgehead atoms. The molecule has 2 aliphatic heterocycles. The second-order valence-corrected chi connectivity index (χ2v) is 6.93. The average Bonchev–Trinajstić information content (AvgIpc) is 2.66. The Morgan fingerprint density at radius 1 is 1.20 bits per heavy atom. The number of hydrogen-bond acceptors (Lipinski definition) is 5. The molecule has 1 aromatic carbocycles. The third-order valence-corrected chi connectivity index (χ3v) is 5.28. The van der Waals surface area contributed by atoms with Crippen LogP contribution in [0.5, 0.6) is 5.75 Å². The smallest absolute Gasteiger partial charge is 0.227 e. The predicted octanol–water partition coefficient (Wildman–Crippen LogP) is 1.40. The van der Waals surface area contributed by atoms with Crippen molar-refractivity contribution in [2.45, 2.75) is 12.8 Å². The Hall–Kier alpha value is -1.79. The minimum absolute atomic E-state index is 0.113. The molecule has 6 nitrogen and oxygen atoms in total. The number of rotatable bonds is 5. The summed E-state index contributed by atoms with van der Waals surface area (Å²) in [5, 5.41) is 10.0. The van der Waals surface area contributed by atoms with Gasteiger partial charge >= 0.3 is 0 Å². The number of carbonyl (C=O) groups excluding carboxylic acids is 1. The van der Waals surface area contributed by atoms with Gasteiger partial charge in [-0.25, -0.2) is 0 Å². The van der Waals surface area contributed by atoms with E-state index >= 15 is 0 Å². The second kappa shape index (κ2) is 8.54. The van der Waals surface area contributed by atoms with Gasteiger partial charge in [-0.3, -0.25) is 4.79 Å². The number of aromatic hydroxyl groups is 1. The number of amides is 1. The van der Waals surface area contributed by atoms with E-state index in [4.69, 9.17) is 4.74 Å². The van der Waals surface area contributed by atoms with Crippen molar-refractivity contribution in [3.8, 4) is 5.75 Å². The number of hydrogen-bond donors (Lipinski definition) is 1. The summed E-state index contributed by atoms with van der Waals surface area (Å²) in [6.45, 7) is 6.52. The van der Waals surface area contributed by atoms with Crippen molar-refractivity contribution < 1.29 is 14.6 Å². The van der Waals surface area contributed by atoms with Gasteiger partial charge in [0.05, 0.1) is 18.2 Å². The number of likely N-dealkylation sites (tertiary alicyclic amines) is 1. The molecule has 2 aliphatic rings. The quantitative estimate of drug-likeness (QED) is 0.873. The maximum Gasteiger partial charge on any atom is 0.227 e. The Bertz CT molecular complexity index is 573. The highest BCUT2D eigenvalue weighted by Crippen LogP contribution is 2.28. The predicted molar refractivity (Wildman–Crippen MR) is 97.9 cm³/mol. The summed E-state index contributed by atoms with van der Waals surface area (Å²) in [5.41, 5.74) is 0.859. The number of phenolic OH excluding ortho intramolecular Hbond substituents is 1. The van der Waals surface area contributed by atoms with Crippen LogP contribution in [-0.4, -0.2) is 80.3 Å². The molecule has 0 saturated carbocycles. The van der Waals surface area contributed by atoms with Crippen LogP contribution in [0.25, 0.3) is 0 Å². The zero-order valence-electron chi connectivity index (χ0n) is 15.1. The maximum atomic E-state index is 12.9. The molecule has 0 spiro atoms. The highest BCUT2D eigenvalue weighted by atomic mass is 16.5. The van der Waals surface area contributed by atoms with E-state index in [2.05, 4.69) is 9.80 Å². The number of carbonyl (C=O) groups is 1. The van der Waals surface area contributed by atoms with E-state index < -0.39 is 0 Å². The standard InChI is InChI=1S/C19H29N3O3/c1-25-14-13-20-8-4-5-16(15-20)19(24)22-11-9-21(10-12-22)17-6-2-3-7-18(17)23/h2-3,6-7,16,23H,4-5,8-15H2,1H3. The summed E-state index contributed by atoms with van der Waals surface area (Å²) in [6.07, 6.45) is 2.07. The fourth-order valence-corrected chi connectivity index (χ4v) is 3.84. The topological polar surface area (TPSA) is 56.2 Å². The first kappa shape index (κ1) is 18.0. The number of benzene rings is 1. The lowest BCUT2D eigenvalue weighted by molar-refractivity contribution is -0.137. The molecule has 1 N–H and O–H groups in total. The number of phenols is 1. The number of para-hydroxylation sites is 2. The van der Waals surface area contributed by atoms with Gasteiger partial charge < -0.3 is 24.5 Å². The zero-order chi connectivity index (χ0) is 17.6. The van der Waals surface area contributed by atoms with Gasteiger partial charge in [-0.1, -0.05) is 12.1 Å². The van der Waals surface area contributed by atoms with Crippen LogP contribution in [0.15, 0.2) is 24.3 Å². The third-order valence-electron chi connectivity index (χ3n) is 5.28. The molecule has 0 radical (unpaired) electrons. The van der Waals surface area contributed by atoms with E-state index in [1.54, 1.807) is 13.2 Å². The Balaban J connectivity index is 1.52. The molecule has 0 aromatic heterocycles. The average molecular weight is 347 g/mol. The summed E-state index contributed by atoms with van der Waals surface area (Å²) in [7, 11) is 1.72. The van der Waals surface area contributed by atoms with Crippen LogP contribution in [0.1, 0.15) is 12.8 Å². The zero-order valence-corrected chi connectivity index (χ0v) is 15.1. The number of piperazine rings is 1. The fraction of sp³-hybridized carbons (Fsp3) is 0.632. The summed E-state index contributed by atoms with van der Waals surface area (Å²) >= 11 is 0. The Morgan fingerprint density at radius 3 is 2.68 bits per heavy atom. The van der Waals surface area contributed by atoms with Crippen molar-refractivity contribution >= 4 is 11.6 Å². The molecule has 138 valence electrons. The first-order valence-corrected chi connectivity index (χ1v) is 9.22. The highest BCUT2D eigenvalue weighted by molar-refractivity contribution is 5.79. The number of ether oxygens (including phenoxy) is 1. The largest absolute Gasteiger partial charge is 0.506 e. The molecule has 1 atom stereocenters. The van der Waals surface area contributed by atoms with Crippen LogP contribution < -0.4 is 4.90 Å². The van der Waals surface area contributed by atoms with Gasteiger partial charge in [-0.05, 0) is 31.5 Å². The SMILES string of the molecule is COCCN1CCCC(C(=O)N2CCN(c3ccccc3O)CC2)C1. The van der Waals surface area contributed by atoms with Gasteiger partial charge in [0.2, 0.25) is 5.91 Å². The lowest BCUT2D eigenvalue weighted by atomic mass is 9.96. The van der Waals surface area contributed by atoms with Gasteiger partial charge in [0.25, 0.3) is 0 Å². The molecule has 2 fully saturated rings. The van der Waals surface area contributed by atoms with Crippen molar-refractivity contribution in [2.24, 2.45) is 5.92 Å². The Kier molecular flexibility index (Phi) is 6.15. The summed E-state index contributed by atoms with van der Waals surface area (Å²) in [4.78, 5) is 19.4. The molecular formula is C19H29N3O3. The fourth-order valence-electron chi connectivity index (χ4n) is 3.84. The van der Waals surface area contributed by atoms with Gasteiger partial charge in [-0.15, -0.1) is 0 Å². The number of nitrogens with zero attached hydrogens (tertiary/aromatic N) is 3. The van der Waals surface area contributed by atoms with Crippen LogP contribution in [0.2, 0.25) is 0 Å². The number of methoxy groups -OCH3 is 1. The molecule has 1 unspecified atom stereocenters. The van der Waals surface area contributed by atoms with E-state index in [9.17, 15) is 9.90 Å². The van der Waals surface area contributed by atoms with E-state index in [0.29, 0.717) is 11.7 Å². The second-order valence-electron chi connectivity index (χ2n) is 6.93. The number of piperidine rings is 1. The highest BCUT2D eigenvalue weighted by Gasteiger charge is 2.31. The molecule has 3 rings (SSSR count). The van der Waals surface area contributed by atoms with E-state index in [1.165, 1.54) is 0 Å². The van der Waals surface area contributed by atoms with Gasteiger partial charge in [0.15, 0.2) is 0 Å². The minimum atomic E-state index is 0.113. The summed E-state index contributed by atoms with van der Waals surface area (Å²) in [6, 6.07) is 7.41. The van der Waals surface area contributed by atoms with Crippen molar-refractivity contribution in [1.29, 1.82) is 0 Å². The van der Waals surface area contributed by atoms with Gasteiger partial charge in [0.1, 0.15) is 5.75 Å². The Labute approximate surface area is 150 Å². The van der Waals surface area contributed by atoms with Gasteiger partial charge in [-0.2, -0.15) is 0 Å². The lowest BCUT2D eigenvalue weighted by Gasteiger charge is -2.39. The summed E-state index contributed by atoms with van der Waals surface area (Å²) in [5.74, 6) is 0.713. The maximum absolute atomic E-state index is 12.9. The summed E-state index contributed by atoms with van der Waals surface area (Å²) < 4.78 is 5.16. The van der Waals surface area contributed by atoms with Crippen LogP contribution >= 0.6 is 0 Å². The van der Waals surface area contributed by atoms with Crippen molar-refractivity contribution in [1.82, 2.24) is 9.80 Å². The van der Waals surface area contributed by atoms with E-state index in [1.807, 2.05) is 23.1 Å². The van der Waals surface area contributed by atoms with Crippen LogP contribution in [0.4, 0.5) is 5.69 Å². The Morgan fingerprint density at radius 2 is 1.96 bits per heavy atom. The molecule has 2 saturated heterocycles. The van der Waals surface area contributed by atoms with Crippen LogP contribution in [0.3, 0.4) is 0 Å². The third kappa shape index (κ3) is 4.44. The molecule has 1 aromatic rings. The van der Waals surface area contributed by atoms with E-state index in [0.717, 1.165) is 70.9 Å². The molecular weight excluding hydrogens is 318 g/mol. The minimum Gasteiger partial charge on any atom is -0.506 e. The first-order valence-electron chi connectivity index (χ1n) is 9.22. The van der Waals surface area contributed by atoms with Crippen molar-refractivity contribution in [3.05, 3.63) is 24.3 Å². The van der Waals surface area contributed by atoms with E-state index in [-0.39, 0.29) is 5.92 Å². The number of anilines is 1. The van der Waals surface area contributed by atoms with Crippen LogP contribution in [-0.2, 0) is 9.53 Å². The first-order chi connectivity index (χ1) is 12.2. The lowest BCUT2D eigenvalue weighted by Crippen LogP contribution is -2.52. The molecule has 25 heavy (non-hydrogen) atoms. The van der Waals surface area contributed by atoms with Crippen LogP contribution in [0, 0.1) is 5.92 Å².